The van der Waals surface area contributed by atoms with Crippen molar-refractivity contribution >= 4 is 40.7 Å². The molecule has 0 radical (unpaired) electrons. The van der Waals surface area contributed by atoms with Crippen LogP contribution in [0.1, 0.15) is 24.8 Å². The number of rotatable bonds is 8. The summed E-state index contributed by atoms with van der Waals surface area (Å²) in [6.07, 6.45) is 2.44. The van der Waals surface area contributed by atoms with Gasteiger partial charge in [-0.1, -0.05) is 41.4 Å². The van der Waals surface area contributed by atoms with E-state index in [0.29, 0.717) is 48.1 Å². The molecule has 0 bridgehead atoms. The highest BCUT2D eigenvalue weighted by atomic mass is 35.5. The molecular formula is C24H29Cl2N3O3. The molecule has 0 aliphatic carbocycles. The molecule has 1 N–H and O–H groups in total. The summed E-state index contributed by atoms with van der Waals surface area (Å²) < 4.78 is 5.17. The molecule has 1 aliphatic rings. The average Bonchev–Trinajstić information content (AvgIpc) is 3.05. The van der Waals surface area contributed by atoms with Gasteiger partial charge in [0.1, 0.15) is 5.75 Å². The van der Waals surface area contributed by atoms with E-state index in [9.17, 15) is 9.59 Å². The number of hydrogen-bond donors (Lipinski definition) is 1. The van der Waals surface area contributed by atoms with E-state index in [1.165, 1.54) is 0 Å². The van der Waals surface area contributed by atoms with Crippen molar-refractivity contribution in [3.05, 3.63) is 58.1 Å². The Morgan fingerprint density at radius 1 is 0.969 bits per heavy atom. The summed E-state index contributed by atoms with van der Waals surface area (Å²) in [4.78, 5) is 29.2. The first kappa shape index (κ1) is 24.4. The number of nitrogens with zero attached hydrogens (tertiary/aromatic N) is 2. The highest BCUT2D eigenvalue weighted by Gasteiger charge is 2.19. The molecule has 1 aliphatic heterocycles. The minimum Gasteiger partial charge on any atom is -0.497 e. The lowest BCUT2D eigenvalue weighted by Gasteiger charge is -2.22. The van der Waals surface area contributed by atoms with Crippen molar-refractivity contribution in [1.82, 2.24) is 9.80 Å². The summed E-state index contributed by atoms with van der Waals surface area (Å²) >= 11 is 12.2. The van der Waals surface area contributed by atoms with Crippen molar-refractivity contribution in [2.24, 2.45) is 0 Å². The van der Waals surface area contributed by atoms with Gasteiger partial charge < -0.3 is 19.9 Å². The van der Waals surface area contributed by atoms with Crippen LogP contribution in [0, 0.1) is 0 Å². The largest absolute Gasteiger partial charge is 0.497 e. The molecule has 0 aromatic heterocycles. The Morgan fingerprint density at radius 2 is 1.69 bits per heavy atom. The van der Waals surface area contributed by atoms with Gasteiger partial charge in [0.2, 0.25) is 11.8 Å². The Balaban J connectivity index is 1.41. The number of benzene rings is 2. The fourth-order valence-corrected chi connectivity index (χ4v) is 4.22. The number of anilines is 1. The maximum atomic E-state index is 12.7. The summed E-state index contributed by atoms with van der Waals surface area (Å²) in [7, 11) is 1.64. The van der Waals surface area contributed by atoms with Crippen LogP contribution in [0.5, 0.6) is 5.75 Å². The van der Waals surface area contributed by atoms with Crippen molar-refractivity contribution in [1.29, 1.82) is 0 Å². The smallest absolute Gasteiger partial charge is 0.225 e. The Bertz CT molecular complexity index is 901. The third-order valence-corrected chi connectivity index (χ3v) is 6.24. The Labute approximate surface area is 199 Å². The zero-order chi connectivity index (χ0) is 22.9. The number of para-hydroxylation sites is 1. The van der Waals surface area contributed by atoms with Crippen LogP contribution < -0.4 is 10.1 Å². The number of carbonyl (C=O) groups excluding carboxylic acids is 2. The molecule has 32 heavy (non-hydrogen) atoms. The van der Waals surface area contributed by atoms with Gasteiger partial charge in [-0.3, -0.25) is 9.59 Å². The summed E-state index contributed by atoms with van der Waals surface area (Å²) in [5.74, 6) is 0.863. The number of ether oxygens (including phenoxy) is 1. The van der Waals surface area contributed by atoms with Crippen LogP contribution in [0.2, 0.25) is 10.0 Å². The van der Waals surface area contributed by atoms with Gasteiger partial charge in [-0.05, 0) is 49.2 Å². The molecule has 2 aromatic rings. The van der Waals surface area contributed by atoms with Gasteiger partial charge in [0.25, 0.3) is 0 Å². The molecule has 2 amide bonds. The topological polar surface area (TPSA) is 61.9 Å². The minimum absolute atomic E-state index is 0.128. The molecule has 0 spiro atoms. The van der Waals surface area contributed by atoms with Crippen LogP contribution in [0.25, 0.3) is 0 Å². The van der Waals surface area contributed by atoms with Gasteiger partial charge in [0.15, 0.2) is 0 Å². The second kappa shape index (κ2) is 12.1. The van der Waals surface area contributed by atoms with Gasteiger partial charge in [-0.15, -0.1) is 0 Å². The van der Waals surface area contributed by atoms with E-state index in [1.54, 1.807) is 25.3 Å². The first-order valence-electron chi connectivity index (χ1n) is 10.8. The lowest BCUT2D eigenvalue weighted by molar-refractivity contribution is -0.131. The van der Waals surface area contributed by atoms with E-state index in [-0.39, 0.29) is 11.8 Å². The van der Waals surface area contributed by atoms with Gasteiger partial charge >= 0.3 is 0 Å². The fraction of sp³-hybridized carbons (Fsp3) is 0.417. The number of nitrogens with one attached hydrogen (secondary N) is 1. The maximum absolute atomic E-state index is 12.7. The predicted octanol–water partition coefficient (Wildman–Crippen LogP) is 4.50. The van der Waals surface area contributed by atoms with Crippen LogP contribution in [-0.2, 0) is 16.0 Å². The highest BCUT2D eigenvalue weighted by molar-refractivity contribution is 6.39. The number of methoxy groups -OCH3 is 1. The molecule has 1 saturated heterocycles. The number of amides is 2. The molecule has 0 unspecified atom stereocenters. The monoisotopic (exact) mass is 477 g/mol. The Kier molecular flexibility index (Phi) is 9.21. The number of carbonyl (C=O) groups is 2. The number of hydrogen-bond acceptors (Lipinski definition) is 4. The molecular weight excluding hydrogens is 449 g/mol. The van der Waals surface area contributed by atoms with Crippen LogP contribution in [0.4, 0.5) is 5.69 Å². The second-order valence-corrected chi connectivity index (χ2v) is 8.63. The minimum atomic E-state index is -0.128. The van der Waals surface area contributed by atoms with Gasteiger partial charge in [-0.25, -0.2) is 0 Å². The van der Waals surface area contributed by atoms with E-state index in [1.807, 2.05) is 29.2 Å². The van der Waals surface area contributed by atoms with Crippen molar-refractivity contribution in [3.8, 4) is 5.75 Å². The zero-order valence-electron chi connectivity index (χ0n) is 18.3. The molecule has 6 nitrogen and oxygen atoms in total. The highest BCUT2D eigenvalue weighted by Crippen LogP contribution is 2.29. The van der Waals surface area contributed by atoms with Crippen LogP contribution in [0.15, 0.2) is 42.5 Å². The summed E-state index contributed by atoms with van der Waals surface area (Å²) in [5.41, 5.74) is 1.57. The first-order chi connectivity index (χ1) is 15.5. The zero-order valence-corrected chi connectivity index (χ0v) is 19.8. The van der Waals surface area contributed by atoms with Gasteiger partial charge in [0, 0.05) is 39.0 Å². The van der Waals surface area contributed by atoms with E-state index < -0.39 is 0 Å². The number of halogens is 2. The third kappa shape index (κ3) is 7.12. The fourth-order valence-electron chi connectivity index (χ4n) is 3.72. The molecule has 2 aromatic carbocycles. The molecule has 3 rings (SSSR count). The van der Waals surface area contributed by atoms with Crippen LogP contribution in [-0.4, -0.2) is 61.4 Å². The lowest BCUT2D eigenvalue weighted by Crippen LogP contribution is -2.36. The molecule has 1 fully saturated rings. The first-order valence-corrected chi connectivity index (χ1v) is 11.6. The Hall–Kier alpha value is -2.28. The normalized spacial score (nSPS) is 14.7. The van der Waals surface area contributed by atoms with Crippen molar-refractivity contribution < 1.29 is 14.3 Å². The van der Waals surface area contributed by atoms with E-state index in [4.69, 9.17) is 27.9 Å². The molecule has 172 valence electrons. The van der Waals surface area contributed by atoms with Crippen molar-refractivity contribution in [3.63, 3.8) is 0 Å². The van der Waals surface area contributed by atoms with Crippen molar-refractivity contribution in [2.75, 3.05) is 45.2 Å². The average molecular weight is 478 g/mol. The van der Waals surface area contributed by atoms with Crippen LogP contribution >= 0.6 is 23.2 Å². The maximum Gasteiger partial charge on any atom is 0.225 e. The van der Waals surface area contributed by atoms with Crippen molar-refractivity contribution in [2.45, 2.75) is 25.7 Å². The predicted molar refractivity (Wildman–Crippen MR) is 129 cm³/mol. The van der Waals surface area contributed by atoms with E-state index >= 15 is 0 Å². The molecule has 8 heteroatoms. The molecule has 1 heterocycles. The van der Waals surface area contributed by atoms with E-state index in [2.05, 4.69) is 10.2 Å². The lowest BCUT2D eigenvalue weighted by atomic mass is 10.1. The third-order valence-electron chi connectivity index (χ3n) is 5.61. The quantitative estimate of drug-likeness (QED) is 0.607. The summed E-state index contributed by atoms with van der Waals surface area (Å²) in [6, 6.07) is 12.9. The number of aryl methyl sites for hydroxylation is 1. The second-order valence-electron chi connectivity index (χ2n) is 7.82. The molecule has 0 atom stereocenters. The van der Waals surface area contributed by atoms with Crippen LogP contribution in [0.3, 0.4) is 0 Å². The summed E-state index contributed by atoms with van der Waals surface area (Å²) in [6.45, 7) is 3.68. The van der Waals surface area contributed by atoms with E-state index in [0.717, 1.165) is 37.4 Å². The SMILES string of the molecule is COc1ccc(CCC(=O)N2CCCN(CCC(=O)Nc3c(Cl)cccc3Cl)CC2)cc1. The van der Waals surface area contributed by atoms with Gasteiger partial charge in [-0.2, -0.15) is 0 Å². The summed E-state index contributed by atoms with van der Waals surface area (Å²) in [5, 5.41) is 3.64. The molecule has 0 saturated carbocycles. The Morgan fingerprint density at radius 3 is 2.38 bits per heavy atom. The van der Waals surface area contributed by atoms with Gasteiger partial charge in [0.05, 0.1) is 22.8 Å². The standard InChI is InChI=1S/C24H29Cl2N3O3/c1-32-19-9-6-18(7-10-19)8-11-23(31)29-14-3-13-28(16-17-29)15-12-22(30)27-24-20(25)4-2-5-21(24)26/h2,4-7,9-10H,3,8,11-17H2,1H3,(H,27,30).